The quantitative estimate of drug-likeness (QED) is 0.162. The number of ether oxygens (including phenoxy) is 2. The van der Waals surface area contributed by atoms with Crippen LogP contribution in [-0.2, 0) is 19.5 Å². The van der Waals surface area contributed by atoms with Crippen LogP contribution in [0.5, 0.6) is 0 Å². The highest BCUT2D eigenvalue weighted by Gasteiger charge is 2.14. The van der Waals surface area contributed by atoms with Crippen LogP contribution in [0.2, 0.25) is 5.02 Å². The van der Waals surface area contributed by atoms with Gasteiger partial charge in [-0.15, -0.1) is 24.0 Å². The van der Waals surface area contributed by atoms with Gasteiger partial charge in [-0.2, -0.15) is 0 Å². The third kappa shape index (κ3) is 10.6. The molecule has 1 aliphatic rings. The van der Waals surface area contributed by atoms with Gasteiger partial charge in [0.05, 0.1) is 4.90 Å². The van der Waals surface area contributed by atoms with E-state index in [0.717, 1.165) is 45.6 Å². The third-order valence-corrected chi connectivity index (χ3v) is 6.19. The maximum Gasteiger partial charge on any atom is 0.240 e. The molecule has 2 rings (SSSR count). The molecule has 0 aromatic heterocycles. The Balaban J connectivity index is 0.00000450. The van der Waals surface area contributed by atoms with Crippen LogP contribution >= 0.6 is 35.6 Å². The molecule has 1 heterocycles. The zero-order valence-corrected chi connectivity index (χ0v) is 21.1. The summed E-state index contributed by atoms with van der Waals surface area (Å²) in [5.74, 6) is 1.23. The van der Waals surface area contributed by atoms with Gasteiger partial charge in [0.15, 0.2) is 5.96 Å². The third-order valence-electron chi connectivity index (χ3n) is 4.49. The molecule has 172 valence electrons. The van der Waals surface area contributed by atoms with E-state index < -0.39 is 10.0 Å². The summed E-state index contributed by atoms with van der Waals surface area (Å²) in [5.41, 5.74) is 0. The Morgan fingerprint density at radius 1 is 1.23 bits per heavy atom. The number of halogens is 2. The lowest BCUT2D eigenvalue weighted by Gasteiger charge is -2.21. The largest absolute Gasteiger partial charge is 0.381 e. The molecule has 30 heavy (non-hydrogen) atoms. The number of benzene rings is 1. The molecule has 0 aliphatic carbocycles. The summed E-state index contributed by atoms with van der Waals surface area (Å²) in [7, 11) is -1.91. The molecule has 1 aromatic rings. The summed E-state index contributed by atoms with van der Waals surface area (Å²) in [4.78, 5) is 4.27. The fourth-order valence-corrected chi connectivity index (χ4v) is 4.18. The van der Waals surface area contributed by atoms with Crippen LogP contribution in [0, 0.1) is 5.92 Å². The van der Waals surface area contributed by atoms with E-state index in [4.69, 9.17) is 21.1 Å². The highest BCUT2D eigenvalue weighted by Crippen LogP contribution is 2.15. The SMILES string of the molecule is CN=C(NCCCOCC1CCOCC1)NCCNS(=O)(=O)c1cccc(Cl)c1.I. The molecule has 1 saturated heterocycles. The van der Waals surface area contributed by atoms with Crippen LogP contribution in [0.15, 0.2) is 34.2 Å². The topological polar surface area (TPSA) is 101 Å². The molecule has 0 unspecified atom stereocenters. The Labute approximate surface area is 201 Å². The Morgan fingerprint density at radius 3 is 2.67 bits per heavy atom. The highest BCUT2D eigenvalue weighted by atomic mass is 127. The van der Waals surface area contributed by atoms with Gasteiger partial charge in [-0.05, 0) is 43.4 Å². The monoisotopic (exact) mass is 574 g/mol. The number of hydrogen-bond donors (Lipinski definition) is 3. The minimum atomic E-state index is -3.58. The Hall–Kier alpha value is -0.660. The molecule has 1 fully saturated rings. The lowest BCUT2D eigenvalue weighted by Crippen LogP contribution is -2.42. The van der Waals surface area contributed by atoms with Crippen molar-refractivity contribution in [3.8, 4) is 0 Å². The van der Waals surface area contributed by atoms with E-state index in [0.29, 0.717) is 30.1 Å². The molecule has 0 amide bonds. The minimum absolute atomic E-state index is 0. The molecule has 0 saturated carbocycles. The van der Waals surface area contributed by atoms with Gasteiger partial charge in [-0.1, -0.05) is 17.7 Å². The first-order chi connectivity index (χ1) is 14.0. The standard InChI is InChI=1S/C19H31ClN4O4S.HI/c1-21-19(22-8-3-11-28-15-16-6-12-27-13-7-16)23-9-10-24-29(25,26)18-5-2-4-17(20)14-18;/h2,4-5,14,16,24H,3,6-13,15H2,1H3,(H2,21,22,23);1H. The van der Waals surface area contributed by atoms with Crippen molar-refractivity contribution in [1.82, 2.24) is 15.4 Å². The van der Waals surface area contributed by atoms with Crippen LogP contribution in [0.25, 0.3) is 0 Å². The van der Waals surface area contributed by atoms with E-state index >= 15 is 0 Å². The second-order valence-corrected chi connectivity index (χ2v) is 8.97. The molecule has 0 bridgehead atoms. The number of nitrogens with zero attached hydrogens (tertiary/aromatic N) is 1. The van der Waals surface area contributed by atoms with Crippen molar-refractivity contribution in [1.29, 1.82) is 0 Å². The summed E-state index contributed by atoms with van der Waals surface area (Å²) in [6, 6.07) is 6.16. The van der Waals surface area contributed by atoms with E-state index in [1.807, 2.05) is 0 Å². The molecule has 0 atom stereocenters. The highest BCUT2D eigenvalue weighted by molar-refractivity contribution is 14.0. The zero-order valence-electron chi connectivity index (χ0n) is 17.2. The van der Waals surface area contributed by atoms with Crippen LogP contribution in [0.3, 0.4) is 0 Å². The minimum Gasteiger partial charge on any atom is -0.381 e. The van der Waals surface area contributed by atoms with Gasteiger partial charge >= 0.3 is 0 Å². The van der Waals surface area contributed by atoms with Crippen molar-refractivity contribution in [3.63, 3.8) is 0 Å². The van der Waals surface area contributed by atoms with E-state index in [1.54, 1.807) is 19.2 Å². The molecule has 8 nitrogen and oxygen atoms in total. The van der Waals surface area contributed by atoms with E-state index in [1.165, 1.54) is 12.1 Å². The molecule has 1 aromatic carbocycles. The number of rotatable bonds is 11. The van der Waals surface area contributed by atoms with Gasteiger partial charge in [0, 0.05) is 58.1 Å². The predicted molar refractivity (Wildman–Crippen MR) is 130 cm³/mol. The van der Waals surface area contributed by atoms with E-state index in [9.17, 15) is 8.42 Å². The molecule has 1 aliphatic heterocycles. The molecule has 11 heteroatoms. The van der Waals surface area contributed by atoms with Gasteiger partial charge in [0.25, 0.3) is 0 Å². The Bertz CT molecular complexity index is 746. The normalized spacial score (nSPS) is 15.5. The Kier molecular flexibility index (Phi) is 13.9. The van der Waals surface area contributed by atoms with Crippen LogP contribution in [0.1, 0.15) is 19.3 Å². The van der Waals surface area contributed by atoms with Crippen molar-refractivity contribution in [2.75, 3.05) is 53.1 Å². The summed E-state index contributed by atoms with van der Waals surface area (Å²) in [6.45, 7) is 4.52. The maximum atomic E-state index is 12.2. The van der Waals surface area contributed by atoms with Crippen LogP contribution in [0.4, 0.5) is 0 Å². The first-order valence-corrected chi connectivity index (χ1v) is 11.7. The van der Waals surface area contributed by atoms with Crippen LogP contribution in [-0.4, -0.2) is 67.5 Å². The summed E-state index contributed by atoms with van der Waals surface area (Å²) in [5, 5.41) is 6.65. The average molecular weight is 575 g/mol. The van der Waals surface area contributed by atoms with Crippen molar-refractivity contribution in [3.05, 3.63) is 29.3 Å². The van der Waals surface area contributed by atoms with Crippen molar-refractivity contribution >= 4 is 51.6 Å². The molecule has 0 radical (unpaired) electrons. The number of nitrogens with one attached hydrogen (secondary N) is 3. The van der Waals surface area contributed by atoms with Gasteiger partial charge in [-0.3, -0.25) is 4.99 Å². The zero-order chi connectivity index (χ0) is 21.0. The predicted octanol–water partition coefficient (Wildman–Crippen LogP) is 2.23. The smallest absolute Gasteiger partial charge is 0.240 e. The molecule has 0 spiro atoms. The number of sulfonamides is 1. The van der Waals surface area contributed by atoms with Crippen LogP contribution < -0.4 is 15.4 Å². The summed E-state index contributed by atoms with van der Waals surface area (Å²) < 4.78 is 38.1. The van der Waals surface area contributed by atoms with Crippen molar-refractivity contribution in [2.24, 2.45) is 10.9 Å². The Morgan fingerprint density at radius 2 is 1.97 bits per heavy atom. The second-order valence-electron chi connectivity index (χ2n) is 6.77. The average Bonchev–Trinajstić information content (AvgIpc) is 2.72. The van der Waals surface area contributed by atoms with Crippen molar-refractivity contribution < 1.29 is 17.9 Å². The van der Waals surface area contributed by atoms with Gasteiger partial charge in [0.1, 0.15) is 0 Å². The van der Waals surface area contributed by atoms with Gasteiger partial charge < -0.3 is 20.1 Å². The van der Waals surface area contributed by atoms with Crippen molar-refractivity contribution in [2.45, 2.75) is 24.2 Å². The maximum absolute atomic E-state index is 12.2. The lowest BCUT2D eigenvalue weighted by molar-refractivity contribution is 0.0203. The van der Waals surface area contributed by atoms with E-state index in [2.05, 4.69) is 20.3 Å². The fraction of sp³-hybridized carbons (Fsp3) is 0.632. The second kappa shape index (κ2) is 15.2. The summed E-state index contributed by atoms with van der Waals surface area (Å²) in [6.07, 6.45) is 3.02. The first kappa shape index (κ1) is 27.4. The molecule has 3 N–H and O–H groups in total. The van der Waals surface area contributed by atoms with Gasteiger partial charge in [0.2, 0.25) is 10.0 Å². The number of guanidine groups is 1. The molecular formula is C19H32ClIN4O4S. The van der Waals surface area contributed by atoms with Gasteiger partial charge in [-0.25, -0.2) is 13.1 Å². The fourth-order valence-electron chi connectivity index (χ4n) is 2.85. The molecular weight excluding hydrogens is 543 g/mol. The summed E-state index contributed by atoms with van der Waals surface area (Å²) >= 11 is 5.85. The van der Waals surface area contributed by atoms with E-state index in [-0.39, 0.29) is 35.4 Å². The first-order valence-electron chi connectivity index (χ1n) is 9.86. The lowest BCUT2D eigenvalue weighted by atomic mass is 10.0. The number of hydrogen-bond acceptors (Lipinski definition) is 5. The number of aliphatic imine (C=N–C) groups is 1.